The van der Waals surface area contributed by atoms with Crippen molar-refractivity contribution in [2.45, 2.75) is 19.8 Å². The van der Waals surface area contributed by atoms with E-state index in [1.165, 1.54) is 29.5 Å². The lowest BCUT2D eigenvalue weighted by atomic mass is 10.2. The number of esters is 1. The number of hydrogen-bond acceptors (Lipinski definition) is 7. The number of aryl methyl sites for hydroxylation is 1. The van der Waals surface area contributed by atoms with Crippen LogP contribution in [0.4, 0.5) is 11.4 Å². The zero-order chi connectivity index (χ0) is 19.1. The molecule has 0 radical (unpaired) electrons. The molecule has 0 saturated carbocycles. The second-order valence-corrected chi connectivity index (χ2v) is 6.31. The summed E-state index contributed by atoms with van der Waals surface area (Å²) in [6.45, 7) is 1.15. The molecule has 0 saturated heterocycles. The maximum atomic E-state index is 11.9. The second kappa shape index (κ2) is 8.86. The lowest BCUT2D eigenvalue weighted by Gasteiger charge is -2.09. The van der Waals surface area contributed by atoms with Crippen LogP contribution < -0.4 is 5.32 Å². The summed E-state index contributed by atoms with van der Waals surface area (Å²) in [5, 5.41) is 15.0. The fourth-order valence-electron chi connectivity index (χ4n) is 2.04. The summed E-state index contributed by atoms with van der Waals surface area (Å²) in [6.07, 6.45) is -0.120. The Hall–Kier alpha value is -3.07. The molecule has 0 bridgehead atoms. The zero-order valence-corrected chi connectivity index (χ0v) is 14.7. The molecule has 1 aromatic heterocycles. The van der Waals surface area contributed by atoms with Gasteiger partial charge in [0.25, 0.3) is 11.6 Å². The molecule has 0 aliphatic heterocycles. The van der Waals surface area contributed by atoms with Crippen LogP contribution in [-0.4, -0.2) is 29.2 Å². The van der Waals surface area contributed by atoms with Crippen LogP contribution in [0.25, 0.3) is 0 Å². The number of Topliss-reactive ketones (excluding diaryl/α,β-unsaturated/α-hetero) is 1. The molecule has 0 aliphatic carbocycles. The average Bonchev–Trinajstić information content (AvgIpc) is 3.14. The molecule has 8 nitrogen and oxygen atoms in total. The highest BCUT2D eigenvalue weighted by Gasteiger charge is 2.14. The Labute approximate surface area is 152 Å². The Morgan fingerprint density at radius 3 is 2.65 bits per heavy atom. The van der Waals surface area contributed by atoms with E-state index in [9.17, 15) is 24.5 Å². The molecule has 26 heavy (non-hydrogen) atoms. The second-order valence-electron chi connectivity index (χ2n) is 5.37. The number of nitro benzene ring substituents is 1. The number of thiophene rings is 1. The van der Waals surface area contributed by atoms with Gasteiger partial charge in [-0.3, -0.25) is 24.5 Å². The lowest BCUT2D eigenvalue weighted by molar-refractivity contribution is -0.384. The fourth-order valence-corrected chi connectivity index (χ4v) is 2.73. The van der Waals surface area contributed by atoms with Gasteiger partial charge in [0, 0.05) is 18.6 Å². The molecule has 0 spiro atoms. The van der Waals surface area contributed by atoms with E-state index < -0.39 is 23.4 Å². The first-order valence-corrected chi connectivity index (χ1v) is 8.52. The Morgan fingerprint density at radius 2 is 2.00 bits per heavy atom. The molecule has 1 heterocycles. The van der Waals surface area contributed by atoms with E-state index in [0.29, 0.717) is 10.4 Å². The Morgan fingerprint density at radius 1 is 1.23 bits per heavy atom. The predicted molar refractivity (Wildman–Crippen MR) is 95.3 cm³/mol. The summed E-state index contributed by atoms with van der Waals surface area (Å²) < 4.78 is 4.83. The Balaban J connectivity index is 1.79. The number of nitrogens with zero attached hydrogens (tertiary/aromatic N) is 1. The van der Waals surface area contributed by atoms with Crippen molar-refractivity contribution in [1.29, 1.82) is 0 Å². The zero-order valence-electron chi connectivity index (χ0n) is 13.9. The molecular formula is C17H16N2O6S. The average molecular weight is 376 g/mol. The van der Waals surface area contributed by atoms with Gasteiger partial charge in [-0.25, -0.2) is 0 Å². The van der Waals surface area contributed by atoms with Gasteiger partial charge in [0.05, 0.1) is 21.9 Å². The largest absolute Gasteiger partial charge is 0.456 e. The number of hydrogen-bond donors (Lipinski definition) is 1. The molecule has 0 unspecified atom stereocenters. The molecule has 0 aliphatic rings. The van der Waals surface area contributed by atoms with Gasteiger partial charge in [-0.05, 0) is 23.9 Å². The summed E-state index contributed by atoms with van der Waals surface area (Å²) in [5.41, 5.74) is 0.750. The third kappa shape index (κ3) is 5.49. The summed E-state index contributed by atoms with van der Waals surface area (Å²) >= 11 is 1.29. The minimum Gasteiger partial charge on any atom is -0.456 e. The molecule has 9 heteroatoms. The smallest absolute Gasteiger partial charge is 0.306 e. The molecule has 1 aromatic carbocycles. The van der Waals surface area contributed by atoms with Gasteiger partial charge in [-0.1, -0.05) is 12.1 Å². The lowest BCUT2D eigenvalue weighted by Crippen LogP contribution is -2.21. The number of nitro groups is 1. The van der Waals surface area contributed by atoms with E-state index in [1.807, 2.05) is 0 Å². The van der Waals surface area contributed by atoms with Crippen molar-refractivity contribution >= 4 is 40.4 Å². The summed E-state index contributed by atoms with van der Waals surface area (Å²) in [5.74, 6) is -1.44. The molecule has 1 amide bonds. The van der Waals surface area contributed by atoms with E-state index in [4.69, 9.17) is 4.74 Å². The number of benzene rings is 1. The van der Waals surface area contributed by atoms with Crippen LogP contribution >= 0.6 is 11.3 Å². The molecule has 2 rings (SSSR count). The van der Waals surface area contributed by atoms with Gasteiger partial charge in [-0.15, -0.1) is 11.3 Å². The van der Waals surface area contributed by atoms with Gasteiger partial charge < -0.3 is 10.1 Å². The molecule has 0 atom stereocenters. The number of carbonyl (C=O) groups is 3. The molecule has 1 N–H and O–H groups in total. The van der Waals surface area contributed by atoms with Crippen LogP contribution in [0.2, 0.25) is 0 Å². The first-order chi connectivity index (χ1) is 12.4. The number of ketones is 1. The highest BCUT2D eigenvalue weighted by molar-refractivity contribution is 7.12. The minimum atomic E-state index is -0.666. The quantitative estimate of drug-likeness (QED) is 0.327. The van der Waals surface area contributed by atoms with Gasteiger partial charge in [0.15, 0.2) is 12.4 Å². The molecular weight excluding hydrogens is 360 g/mol. The first-order valence-electron chi connectivity index (χ1n) is 7.64. The monoisotopic (exact) mass is 376 g/mol. The van der Waals surface area contributed by atoms with Crippen LogP contribution in [0, 0.1) is 17.0 Å². The standard InChI is InChI=1S/C17H16N2O6S/c1-11-4-5-12(19(23)24)9-13(11)18-16(21)10-25-17(22)7-6-14(20)15-3-2-8-26-15/h2-5,8-9H,6-7,10H2,1H3,(H,18,21). The number of non-ortho nitro benzene ring substituents is 1. The van der Waals surface area contributed by atoms with Crippen molar-refractivity contribution in [2.24, 2.45) is 0 Å². The Kier molecular flexibility index (Phi) is 6.56. The fraction of sp³-hybridized carbons (Fsp3) is 0.235. The predicted octanol–water partition coefficient (Wildman–Crippen LogP) is 3.11. The molecule has 136 valence electrons. The summed E-state index contributed by atoms with van der Waals surface area (Å²) in [7, 11) is 0. The van der Waals surface area contributed by atoms with Crippen molar-refractivity contribution < 1.29 is 24.0 Å². The molecule has 0 fully saturated rings. The van der Waals surface area contributed by atoms with E-state index in [-0.39, 0.29) is 30.0 Å². The number of nitrogens with one attached hydrogen (secondary N) is 1. The third-order valence-electron chi connectivity index (χ3n) is 3.42. The van der Waals surface area contributed by atoms with E-state index in [1.54, 1.807) is 24.4 Å². The van der Waals surface area contributed by atoms with Crippen LogP contribution in [-0.2, 0) is 14.3 Å². The topological polar surface area (TPSA) is 116 Å². The van der Waals surface area contributed by atoms with Crippen molar-refractivity contribution in [2.75, 3.05) is 11.9 Å². The van der Waals surface area contributed by atoms with Gasteiger partial charge in [0.2, 0.25) is 0 Å². The highest BCUT2D eigenvalue weighted by Crippen LogP contribution is 2.21. The van der Waals surface area contributed by atoms with E-state index in [2.05, 4.69) is 5.32 Å². The van der Waals surface area contributed by atoms with Crippen molar-refractivity contribution in [3.63, 3.8) is 0 Å². The van der Waals surface area contributed by atoms with Crippen LogP contribution in [0.1, 0.15) is 28.1 Å². The SMILES string of the molecule is Cc1ccc([N+](=O)[O-])cc1NC(=O)COC(=O)CCC(=O)c1cccs1. The minimum absolute atomic E-state index is 0.00491. The normalized spacial score (nSPS) is 10.2. The third-order valence-corrected chi connectivity index (χ3v) is 4.33. The maximum absolute atomic E-state index is 11.9. The summed E-state index contributed by atoms with van der Waals surface area (Å²) in [4.78, 5) is 46.0. The van der Waals surface area contributed by atoms with Gasteiger partial charge in [-0.2, -0.15) is 0 Å². The number of carbonyl (C=O) groups excluding carboxylic acids is 3. The molecule has 2 aromatic rings. The summed E-state index contributed by atoms with van der Waals surface area (Å²) in [6, 6.07) is 7.49. The Bertz CT molecular complexity index is 832. The van der Waals surface area contributed by atoms with Crippen molar-refractivity contribution in [1.82, 2.24) is 0 Å². The number of rotatable bonds is 8. The van der Waals surface area contributed by atoms with E-state index >= 15 is 0 Å². The van der Waals surface area contributed by atoms with Crippen LogP contribution in [0.3, 0.4) is 0 Å². The van der Waals surface area contributed by atoms with Crippen molar-refractivity contribution in [3.05, 3.63) is 56.3 Å². The first kappa shape index (κ1) is 19.3. The van der Waals surface area contributed by atoms with Gasteiger partial charge >= 0.3 is 5.97 Å². The van der Waals surface area contributed by atoms with E-state index in [0.717, 1.165) is 0 Å². The maximum Gasteiger partial charge on any atom is 0.306 e. The highest BCUT2D eigenvalue weighted by atomic mass is 32.1. The number of anilines is 1. The number of amides is 1. The van der Waals surface area contributed by atoms with Gasteiger partial charge in [0.1, 0.15) is 0 Å². The van der Waals surface area contributed by atoms with Crippen LogP contribution in [0.5, 0.6) is 0 Å². The van der Waals surface area contributed by atoms with Crippen molar-refractivity contribution in [3.8, 4) is 0 Å². The van der Waals surface area contributed by atoms with Crippen LogP contribution in [0.15, 0.2) is 35.7 Å². The number of ether oxygens (including phenoxy) is 1.